The Balaban J connectivity index is 1.36. The van der Waals surface area contributed by atoms with Crippen LogP contribution in [-0.2, 0) is 4.74 Å². The van der Waals surface area contributed by atoms with E-state index in [-0.39, 0.29) is 12.0 Å². The molecule has 0 radical (unpaired) electrons. The van der Waals surface area contributed by atoms with Gasteiger partial charge in [-0.25, -0.2) is 4.98 Å². The molecule has 2 fully saturated rings. The summed E-state index contributed by atoms with van der Waals surface area (Å²) in [6.45, 7) is 1.38. The molecule has 1 aromatic heterocycles. The smallest absolute Gasteiger partial charge is 0.251 e. The van der Waals surface area contributed by atoms with E-state index < -0.39 is 0 Å². The van der Waals surface area contributed by atoms with Gasteiger partial charge in [0, 0.05) is 30.2 Å². The van der Waals surface area contributed by atoms with Crippen molar-refractivity contribution in [2.75, 3.05) is 13.2 Å². The van der Waals surface area contributed by atoms with Crippen molar-refractivity contribution in [3.63, 3.8) is 0 Å². The third kappa shape index (κ3) is 3.48. The summed E-state index contributed by atoms with van der Waals surface area (Å²) >= 11 is 0. The Hall–Kier alpha value is -2.21. The van der Waals surface area contributed by atoms with Crippen LogP contribution in [0.4, 0.5) is 0 Å². The molecule has 6 nitrogen and oxygen atoms in total. The molecule has 1 aliphatic carbocycles. The first-order valence-corrected chi connectivity index (χ1v) is 8.72. The van der Waals surface area contributed by atoms with Gasteiger partial charge in [-0.15, -0.1) is 0 Å². The molecule has 0 bridgehead atoms. The van der Waals surface area contributed by atoms with Crippen LogP contribution in [0, 0.1) is 0 Å². The maximum Gasteiger partial charge on any atom is 0.251 e. The lowest BCUT2D eigenvalue weighted by Crippen LogP contribution is -2.35. The quantitative estimate of drug-likeness (QED) is 0.885. The van der Waals surface area contributed by atoms with Gasteiger partial charge in [0.1, 0.15) is 5.82 Å². The highest BCUT2D eigenvalue weighted by atomic mass is 16.5. The van der Waals surface area contributed by atoms with Crippen LogP contribution in [0.25, 0.3) is 11.4 Å². The summed E-state index contributed by atoms with van der Waals surface area (Å²) in [6, 6.07) is 7.43. The number of ether oxygens (including phenoxy) is 1. The molecule has 2 aromatic rings. The Bertz CT molecular complexity index is 700. The third-order valence-electron chi connectivity index (χ3n) is 4.64. The summed E-state index contributed by atoms with van der Waals surface area (Å²) in [6.07, 6.45) is 5.85. The molecule has 0 spiro atoms. The summed E-state index contributed by atoms with van der Waals surface area (Å²) in [5, 5.41) is 10.2. The standard InChI is InChI=1S/C18H22N4O2/c23-18(19-11-15-3-1-2-10-24-15)14-8-6-13(7-9-14)17-20-16(21-22-17)12-4-5-12/h6-9,12,15H,1-5,10-11H2,(H,19,23)(H,20,21,22)/t15-/m0/s1. The Labute approximate surface area is 141 Å². The van der Waals surface area contributed by atoms with Gasteiger partial charge in [-0.05, 0) is 44.2 Å². The Morgan fingerprint density at radius 3 is 2.75 bits per heavy atom. The van der Waals surface area contributed by atoms with E-state index in [0.717, 1.165) is 30.8 Å². The molecule has 24 heavy (non-hydrogen) atoms. The van der Waals surface area contributed by atoms with Crippen molar-refractivity contribution < 1.29 is 9.53 Å². The van der Waals surface area contributed by atoms with Crippen LogP contribution in [0.5, 0.6) is 0 Å². The molecule has 1 amide bonds. The van der Waals surface area contributed by atoms with E-state index in [0.29, 0.717) is 23.9 Å². The summed E-state index contributed by atoms with van der Waals surface area (Å²) < 4.78 is 5.63. The van der Waals surface area contributed by atoms with Crippen molar-refractivity contribution >= 4 is 5.91 Å². The number of hydrogen-bond donors (Lipinski definition) is 2. The molecule has 2 heterocycles. The lowest BCUT2D eigenvalue weighted by atomic mass is 10.1. The van der Waals surface area contributed by atoms with Crippen LogP contribution >= 0.6 is 0 Å². The summed E-state index contributed by atoms with van der Waals surface area (Å²) in [7, 11) is 0. The van der Waals surface area contributed by atoms with E-state index >= 15 is 0 Å². The molecule has 126 valence electrons. The summed E-state index contributed by atoms with van der Waals surface area (Å²) in [4.78, 5) is 16.8. The van der Waals surface area contributed by atoms with Gasteiger partial charge >= 0.3 is 0 Å². The van der Waals surface area contributed by atoms with Crippen molar-refractivity contribution in [3.8, 4) is 11.4 Å². The van der Waals surface area contributed by atoms with Crippen LogP contribution in [0.2, 0.25) is 0 Å². The molecule has 2 N–H and O–H groups in total. The first-order valence-electron chi connectivity index (χ1n) is 8.72. The third-order valence-corrected chi connectivity index (χ3v) is 4.64. The van der Waals surface area contributed by atoms with Gasteiger partial charge < -0.3 is 10.1 Å². The zero-order chi connectivity index (χ0) is 16.4. The maximum absolute atomic E-state index is 12.2. The predicted octanol–water partition coefficient (Wildman–Crippen LogP) is 2.65. The topological polar surface area (TPSA) is 79.9 Å². The van der Waals surface area contributed by atoms with Crippen LogP contribution in [0.1, 0.15) is 54.2 Å². The summed E-state index contributed by atoms with van der Waals surface area (Å²) in [5.41, 5.74) is 1.57. The molecular formula is C18H22N4O2. The highest BCUT2D eigenvalue weighted by molar-refractivity contribution is 5.94. The number of nitrogens with zero attached hydrogens (tertiary/aromatic N) is 2. The molecular weight excluding hydrogens is 304 g/mol. The SMILES string of the molecule is O=C(NC[C@@H]1CCCCO1)c1ccc(-c2n[nH]c(C3CC3)n2)cc1. The molecule has 1 saturated heterocycles. The van der Waals surface area contributed by atoms with Crippen molar-refractivity contribution in [2.45, 2.75) is 44.1 Å². The lowest BCUT2D eigenvalue weighted by Gasteiger charge is -2.22. The molecule has 4 rings (SSSR count). The van der Waals surface area contributed by atoms with Gasteiger partial charge in [-0.1, -0.05) is 12.1 Å². The fraction of sp³-hybridized carbons (Fsp3) is 0.500. The molecule has 1 aromatic carbocycles. The van der Waals surface area contributed by atoms with E-state index in [1.165, 1.54) is 19.3 Å². The molecule has 1 aliphatic heterocycles. The van der Waals surface area contributed by atoms with Crippen LogP contribution in [-0.4, -0.2) is 40.3 Å². The summed E-state index contributed by atoms with van der Waals surface area (Å²) in [5.74, 6) is 2.15. The van der Waals surface area contributed by atoms with E-state index in [2.05, 4.69) is 20.5 Å². The number of aromatic nitrogens is 3. The van der Waals surface area contributed by atoms with Gasteiger partial charge in [-0.2, -0.15) is 5.10 Å². The number of benzene rings is 1. The van der Waals surface area contributed by atoms with Gasteiger partial charge in [0.05, 0.1) is 6.10 Å². The number of H-pyrrole nitrogens is 1. The number of amides is 1. The Morgan fingerprint density at radius 1 is 1.21 bits per heavy atom. The van der Waals surface area contributed by atoms with E-state index in [4.69, 9.17) is 4.74 Å². The second-order valence-electron chi connectivity index (χ2n) is 6.59. The van der Waals surface area contributed by atoms with Crippen molar-refractivity contribution in [1.82, 2.24) is 20.5 Å². The van der Waals surface area contributed by atoms with E-state index in [1.807, 2.05) is 24.3 Å². The zero-order valence-electron chi connectivity index (χ0n) is 13.6. The normalized spacial score (nSPS) is 20.8. The Morgan fingerprint density at radius 2 is 2.04 bits per heavy atom. The zero-order valence-corrected chi connectivity index (χ0v) is 13.6. The van der Waals surface area contributed by atoms with Crippen LogP contribution in [0.3, 0.4) is 0 Å². The molecule has 1 saturated carbocycles. The van der Waals surface area contributed by atoms with Gasteiger partial charge in [0.25, 0.3) is 5.91 Å². The largest absolute Gasteiger partial charge is 0.376 e. The second-order valence-corrected chi connectivity index (χ2v) is 6.59. The van der Waals surface area contributed by atoms with Crippen molar-refractivity contribution in [1.29, 1.82) is 0 Å². The molecule has 6 heteroatoms. The minimum absolute atomic E-state index is 0.0654. The predicted molar refractivity (Wildman–Crippen MR) is 89.7 cm³/mol. The number of nitrogens with one attached hydrogen (secondary N) is 2. The number of aromatic amines is 1. The fourth-order valence-corrected chi connectivity index (χ4v) is 2.99. The molecule has 1 atom stereocenters. The number of rotatable bonds is 5. The number of hydrogen-bond acceptors (Lipinski definition) is 4. The number of carbonyl (C=O) groups excluding carboxylic acids is 1. The Kier molecular flexibility index (Phi) is 4.30. The first-order chi connectivity index (χ1) is 11.8. The van der Waals surface area contributed by atoms with Crippen molar-refractivity contribution in [3.05, 3.63) is 35.7 Å². The van der Waals surface area contributed by atoms with Crippen LogP contribution in [0.15, 0.2) is 24.3 Å². The number of carbonyl (C=O) groups is 1. The minimum atomic E-state index is -0.0654. The highest BCUT2D eigenvalue weighted by Gasteiger charge is 2.27. The monoisotopic (exact) mass is 326 g/mol. The highest BCUT2D eigenvalue weighted by Crippen LogP contribution is 2.38. The van der Waals surface area contributed by atoms with Gasteiger partial charge in [0.2, 0.25) is 0 Å². The van der Waals surface area contributed by atoms with Crippen molar-refractivity contribution in [2.24, 2.45) is 0 Å². The van der Waals surface area contributed by atoms with Gasteiger partial charge in [0.15, 0.2) is 5.82 Å². The lowest BCUT2D eigenvalue weighted by molar-refractivity contribution is 0.0169. The second kappa shape index (κ2) is 6.73. The van der Waals surface area contributed by atoms with Crippen LogP contribution < -0.4 is 5.32 Å². The molecule has 0 unspecified atom stereocenters. The van der Waals surface area contributed by atoms with E-state index in [9.17, 15) is 4.79 Å². The minimum Gasteiger partial charge on any atom is -0.376 e. The first kappa shape index (κ1) is 15.3. The average Bonchev–Trinajstić information content (AvgIpc) is 3.38. The fourth-order valence-electron chi connectivity index (χ4n) is 2.99. The molecule has 2 aliphatic rings. The van der Waals surface area contributed by atoms with Gasteiger partial charge in [-0.3, -0.25) is 9.89 Å². The van der Waals surface area contributed by atoms with E-state index in [1.54, 1.807) is 0 Å². The average molecular weight is 326 g/mol. The maximum atomic E-state index is 12.2.